The van der Waals surface area contributed by atoms with E-state index in [9.17, 15) is 5.26 Å². The van der Waals surface area contributed by atoms with Gasteiger partial charge in [0, 0.05) is 22.3 Å². The summed E-state index contributed by atoms with van der Waals surface area (Å²) in [6.07, 6.45) is 0. The second-order valence-corrected chi connectivity index (χ2v) is 12.6. The summed E-state index contributed by atoms with van der Waals surface area (Å²) < 4.78 is 6.13. The third-order valence-electron chi connectivity index (χ3n) is 9.18. The van der Waals surface area contributed by atoms with Crippen molar-refractivity contribution in [2.45, 2.75) is 0 Å². The molecule has 9 rings (SSSR count). The molecule has 0 saturated heterocycles. The SMILES string of the molecule is N#Cc1ccccc1-c1cc(-c2cccc(-c3nc(-c4ccccc4)nc(-c4ccccc4)n3)c2)cc(-c2cccc(-c3nc4ccccc4o3)c2)c1. The Morgan fingerprint density at radius 3 is 1.49 bits per heavy atom. The van der Waals surface area contributed by atoms with Crippen LogP contribution in [-0.2, 0) is 0 Å². The van der Waals surface area contributed by atoms with Crippen molar-refractivity contribution >= 4 is 11.1 Å². The largest absolute Gasteiger partial charge is 0.436 e. The lowest BCUT2D eigenvalue weighted by atomic mass is 9.91. The fourth-order valence-corrected chi connectivity index (χ4v) is 6.55. The molecule has 0 atom stereocenters. The van der Waals surface area contributed by atoms with Crippen LogP contribution in [0.5, 0.6) is 0 Å². The standard InChI is InChI=1S/C47H29N5O/c48-30-37-17-7-8-22-41(37)40-28-38(27-39(29-40)34-19-12-21-36(26-34)47-49-42-23-9-10-24-43(42)53-47)33-18-11-20-35(25-33)46-51-44(31-13-3-1-4-14-31)50-45(52-46)32-15-5-2-6-16-32/h1-29H. The van der Waals surface area contributed by atoms with Crippen molar-refractivity contribution in [1.29, 1.82) is 5.26 Å². The zero-order valence-electron chi connectivity index (χ0n) is 28.4. The normalized spacial score (nSPS) is 11.0. The number of hydrogen-bond donors (Lipinski definition) is 0. The average molecular weight is 680 g/mol. The summed E-state index contributed by atoms with van der Waals surface area (Å²) in [7, 11) is 0. The Kier molecular flexibility index (Phi) is 8.12. The number of benzene rings is 7. The van der Waals surface area contributed by atoms with E-state index in [0.717, 1.165) is 66.7 Å². The smallest absolute Gasteiger partial charge is 0.227 e. The molecule has 0 aliphatic rings. The topological polar surface area (TPSA) is 88.5 Å². The lowest BCUT2D eigenvalue weighted by molar-refractivity contribution is 0.620. The third-order valence-corrected chi connectivity index (χ3v) is 9.18. The fraction of sp³-hybridized carbons (Fsp3) is 0. The molecule has 9 aromatic rings. The molecule has 0 unspecified atom stereocenters. The van der Waals surface area contributed by atoms with Gasteiger partial charge in [-0.1, -0.05) is 121 Å². The molecule has 0 saturated carbocycles. The van der Waals surface area contributed by atoms with E-state index in [1.54, 1.807) is 0 Å². The first-order chi connectivity index (χ1) is 26.2. The summed E-state index contributed by atoms with van der Waals surface area (Å²) >= 11 is 0. The van der Waals surface area contributed by atoms with Crippen LogP contribution in [0.15, 0.2) is 180 Å². The van der Waals surface area contributed by atoms with E-state index in [0.29, 0.717) is 28.9 Å². The van der Waals surface area contributed by atoms with Gasteiger partial charge in [-0.25, -0.2) is 19.9 Å². The highest BCUT2D eigenvalue weighted by Gasteiger charge is 2.16. The van der Waals surface area contributed by atoms with E-state index in [2.05, 4.69) is 48.5 Å². The number of oxazole rings is 1. The summed E-state index contributed by atoms with van der Waals surface area (Å²) in [5, 5.41) is 10.1. The molecule has 0 spiro atoms. The number of aromatic nitrogens is 4. The maximum Gasteiger partial charge on any atom is 0.227 e. The van der Waals surface area contributed by atoms with Gasteiger partial charge in [-0.2, -0.15) is 5.26 Å². The molecule has 248 valence electrons. The molecular weight excluding hydrogens is 651 g/mol. The van der Waals surface area contributed by atoms with Gasteiger partial charge < -0.3 is 4.42 Å². The predicted octanol–water partition coefficient (Wildman–Crippen LogP) is 11.6. The molecule has 2 aromatic heterocycles. The number of nitrogens with zero attached hydrogens (tertiary/aromatic N) is 5. The summed E-state index contributed by atoms with van der Waals surface area (Å²) in [6, 6.07) is 60.7. The molecule has 7 aromatic carbocycles. The first-order valence-corrected chi connectivity index (χ1v) is 17.3. The van der Waals surface area contributed by atoms with E-state index >= 15 is 0 Å². The van der Waals surface area contributed by atoms with Crippen molar-refractivity contribution in [2.24, 2.45) is 0 Å². The number of nitriles is 1. The van der Waals surface area contributed by atoms with Gasteiger partial charge in [0.05, 0.1) is 11.6 Å². The summed E-state index contributed by atoms with van der Waals surface area (Å²) in [5.41, 5.74) is 11.5. The maximum absolute atomic E-state index is 10.1. The molecular formula is C47H29N5O. The highest BCUT2D eigenvalue weighted by molar-refractivity contribution is 5.85. The van der Waals surface area contributed by atoms with Gasteiger partial charge in [-0.3, -0.25) is 0 Å². The Balaban J connectivity index is 1.18. The number of para-hydroxylation sites is 2. The van der Waals surface area contributed by atoms with Crippen LogP contribution in [0.2, 0.25) is 0 Å². The van der Waals surface area contributed by atoms with Crippen LogP contribution in [0.25, 0.3) is 90.1 Å². The van der Waals surface area contributed by atoms with E-state index in [1.165, 1.54) is 0 Å². The van der Waals surface area contributed by atoms with Crippen molar-refractivity contribution in [2.75, 3.05) is 0 Å². The molecule has 0 radical (unpaired) electrons. The van der Waals surface area contributed by atoms with E-state index in [-0.39, 0.29) is 0 Å². The minimum absolute atomic E-state index is 0.564. The van der Waals surface area contributed by atoms with Crippen LogP contribution in [0, 0.1) is 11.3 Å². The zero-order chi connectivity index (χ0) is 35.6. The summed E-state index contributed by atoms with van der Waals surface area (Å²) in [6.45, 7) is 0. The van der Waals surface area contributed by atoms with Crippen LogP contribution in [-0.4, -0.2) is 19.9 Å². The Hall–Kier alpha value is -7.49. The molecule has 6 heteroatoms. The van der Waals surface area contributed by atoms with Crippen molar-refractivity contribution < 1.29 is 4.42 Å². The molecule has 0 amide bonds. The Labute approximate surface area is 306 Å². The van der Waals surface area contributed by atoms with Gasteiger partial charge in [-0.05, 0) is 88.0 Å². The van der Waals surface area contributed by atoms with Crippen LogP contribution in [0.1, 0.15) is 5.56 Å². The van der Waals surface area contributed by atoms with Crippen LogP contribution in [0.4, 0.5) is 0 Å². The van der Waals surface area contributed by atoms with Crippen molar-refractivity contribution in [3.8, 4) is 85.1 Å². The second kappa shape index (κ2) is 13.7. The van der Waals surface area contributed by atoms with Crippen LogP contribution >= 0.6 is 0 Å². The predicted molar refractivity (Wildman–Crippen MR) is 210 cm³/mol. The molecule has 6 nitrogen and oxygen atoms in total. The second-order valence-electron chi connectivity index (χ2n) is 12.6. The first-order valence-electron chi connectivity index (χ1n) is 17.3. The van der Waals surface area contributed by atoms with Crippen molar-refractivity contribution in [3.05, 3.63) is 181 Å². The monoisotopic (exact) mass is 679 g/mol. The molecule has 0 aliphatic heterocycles. The van der Waals surface area contributed by atoms with Gasteiger partial charge in [0.2, 0.25) is 5.89 Å². The number of rotatable bonds is 7. The van der Waals surface area contributed by atoms with Crippen LogP contribution in [0.3, 0.4) is 0 Å². The molecule has 53 heavy (non-hydrogen) atoms. The van der Waals surface area contributed by atoms with E-state index < -0.39 is 0 Å². The minimum atomic E-state index is 0.564. The minimum Gasteiger partial charge on any atom is -0.436 e. The summed E-state index contributed by atoms with van der Waals surface area (Å²) in [4.78, 5) is 19.5. The van der Waals surface area contributed by atoms with Gasteiger partial charge in [-0.15, -0.1) is 0 Å². The highest BCUT2D eigenvalue weighted by Crippen LogP contribution is 2.37. The quantitative estimate of drug-likeness (QED) is 0.167. The van der Waals surface area contributed by atoms with Gasteiger partial charge in [0.1, 0.15) is 5.52 Å². The molecule has 0 aliphatic carbocycles. The van der Waals surface area contributed by atoms with Crippen molar-refractivity contribution in [1.82, 2.24) is 19.9 Å². The lowest BCUT2D eigenvalue weighted by Gasteiger charge is -2.14. The third kappa shape index (κ3) is 6.35. The van der Waals surface area contributed by atoms with Gasteiger partial charge in [0.15, 0.2) is 23.1 Å². The summed E-state index contributed by atoms with van der Waals surface area (Å²) in [5.74, 6) is 2.36. The van der Waals surface area contributed by atoms with Gasteiger partial charge >= 0.3 is 0 Å². The molecule has 0 N–H and O–H groups in total. The Morgan fingerprint density at radius 2 is 0.849 bits per heavy atom. The highest BCUT2D eigenvalue weighted by atomic mass is 16.3. The maximum atomic E-state index is 10.1. The average Bonchev–Trinajstić information content (AvgIpc) is 3.69. The molecule has 2 heterocycles. The molecule has 0 fully saturated rings. The number of hydrogen-bond acceptors (Lipinski definition) is 6. The Morgan fingerprint density at radius 1 is 0.377 bits per heavy atom. The molecule has 0 bridgehead atoms. The van der Waals surface area contributed by atoms with Gasteiger partial charge in [0.25, 0.3) is 0 Å². The van der Waals surface area contributed by atoms with Crippen molar-refractivity contribution in [3.63, 3.8) is 0 Å². The lowest BCUT2D eigenvalue weighted by Crippen LogP contribution is -2.00. The fourth-order valence-electron chi connectivity index (χ4n) is 6.55. The van der Waals surface area contributed by atoms with E-state index in [4.69, 9.17) is 24.4 Å². The zero-order valence-corrected chi connectivity index (χ0v) is 28.4. The number of fused-ring (bicyclic) bond motifs is 1. The van der Waals surface area contributed by atoms with Crippen LogP contribution < -0.4 is 0 Å². The van der Waals surface area contributed by atoms with E-state index in [1.807, 2.05) is 133 Å². The Bertz CT molecular complexity index is 2710. The first kappa shape index (κ1) is 31.5.